The third-order valence-corrected chi connectivity index (χ3v) is 5.40. The molecule has 2 N–H and O–H groups in total. The molecule has 2 atom stereocenters. The summed E-state index contributed by atoms with van der Waals surface area (Å²) in [5, 5.41) is 0.245. The van der Waals surface area contributed by atoms with Gasteiger partial charge in [-0.1, -0.05) is 23.2 Å². The predicted molar refractivity (Wildman–Crippen MR) is 111 cm³/mol. The lowest BCUT2D eigenvalue weighted by molar-refractivity contribution is -0.365. The monoisotopic (exact) mass is 449 g/mol. The fraction of sp³-hybridized carbons (Fsp3) is 0.409. The zero-order chi connectivity index (χ0) is 22.9. The Morgan fingerprint density at radius 3 is 2.84 bits per heavy atom. The largest absolute Gasteiger partial charge is 0.491 e. The number of nitrogens with zero attached hydrogens (tertiary/aromatic N) is 2. The van der Waals surface area contributed by atoms with Crippen molar-refractivity contribution < 1.29 is 32.4 Å². The lowest BCUT2D eigenvalue weighted by atomic mass is 9.91. The number of hydrogen-bond donors (Lipinski definition) is 1. The Morgan fingerprint density at radius 1 is 1.31 bits per heavy atom. The fourth-order valence-electron chi connectivity index (χ4n) is 3.43. The molecule has 1 unspecified atom stereocenters. The maximum Gasteiger partial charge on any atom is 0.431 e. The van der Waals surface area contributed by atoms with Gasteiger partial charge < -0.3 is 19.2 Å². The van der Waals surface area contributed by atoms with E-state index in [4.69, 9.17) is 14.2 Å². The lowest BCUT2D eigenvalue weighted by Gasteiger charge is -2.33. The number of para-hydroxylation sites is 1. The third kappa shape index (κ3) is 4.61. The molecule has 0 saturated carbocycles. The Kier molecular flexibility index (Phi) is 5.91. The number of hydrogen-bond acceptors (Lipinski definition) is 5. The molecule has 0 spiro atoms. The molecule has 2 aromatic heterocycles. The summed E-state index contributed by atoms with van der Waals surface area (Å²) in [4.78, 5) is 13.6. The van der Waals surface area contributed by atoms with Gasteiger partial charge in [-0.2, -0.15) is 13.2 Å². The molecule has 3 heterocycles. The lowest BCUT2D eigenvalue weighted by Crippen LogP contribution is -2.39. The Bertz CT molecular complexity index is 1130. The highest BCUT2D eigenvalue weighted by Crippen LogP contribution is 2.36. The minimum Gasteiger partial charge on any atom is -0.491 e. The Morgan fingerprint density at radius 2 is 2.09 bits per heavy atom. The molecule has 0 fully saturated rings. The third-order valence-electron chi connectivity index (χ3n) is 5.40. The van der Waals surface area contributed by atoms with Crippen LogP contribution in [0.15, 0.2) is 41.7 Å². The van der Waals surface area contributed by atoms with Crippen LogP contribution >= 0.6 is 0 Å². The van der Waals surface area contributed by atoms with Crippen LogP contribution in [0, 0.1) is 0 Å². The minimum atomic E-state index is -4.51. The van der Waals surface area contributed by atoms with E-state index in [1.807, 2.05) is 38.1 Å². The number of aromatic nitrogens is 3. The fourth-order valence-corrected chi connectivity index (χ4v) is 3.43. The van der Waals surface area contributed by atoms with E-state index in [9.17, 15) is 13.2 Å². The van der Waals surface area contributed by atoms with E-state index in [0.717, 1.165) is 17.4 Å². The highest BCUT2D eigenvalue weighted by Gasteiger charge is 2.35. The SMILES string of the molecule is COC(C)(C)CO[C@H]1COc2ccccc2C1/C=N/c1[nH+]cnc2[nH]c(C(F)(F)F)cc12. The van der Waals surface area contributed by atoms with Crippen molar-refractivity contribution in [3.63, 3.8) is 0 Å². The van der Waals surface area contributed by atoms with E-state index in [1.54, 1.807) is 13.3 Å². The van der Waals surface area contributed by atoms with Crippen LogP contribution in [-0.2, 0) is 15.7 Å². The molecular weight excluding hydrogens is 425 g/mol. The smallest absolute Gasteiger partial charge is 0.431 e. The zero-order valence-corrected chi connectivity index (χ0v) is 17.9. The number of ether oxygens (including phenoxy) is 3. The van der Waals surface area contributed by atoms with E-state index >= 15 is 0 Å². The van der Waals surface area contributed by atoms with Crippen LogP contribution in [0.5, 0.6) is 5.75 Å². The molecule has 10 heteroatoms. The molecule has 170 valence electrons. The van der Waals surface area contributed by atoms with Gasteiger partial charge in [-0.3, -0.25) is 0 Å². The number of fused-ring (bicyclic) bond motifs is 2. The maximum atomic E-state index is 13.1. The molecule has 0 amide bonds. The van der Waals surface area contributed by atoms with Gasteiger partial charge in [0.05, 0.1) is 24.3 Å². The van der Waals surface area contributed by atoms with Crippen molar-refractivity contribution in [3.05, 3.63) is 47.9 Å². The highest BCUT2D eigenvalue weighted by molar-refractivity contribution is 5.87. The van der Waals surface area contributed by atoms with Crippen molar-refractivity contribution in [2.75, 3.05) is 20.3 Å². The number of rotatable bonds is 6. The first-order chi connectivity index (χ1) is 15.2. The number of alkyl halides is 3. The van der Waals surface area contributed by atoms with E-state index in [1.165, 1.54) is 6.33 Å². The van der Waals surface area contributed by atoms with Crippen molar-refractivity contribution in [2.45, 2.75) is 37.6 Å². The van der Waals surface area contributed by atoms with Crippen LogP contribution in [0.2, 0.25) is 0 Å². The quantitative estimate of drug-likeness (QED) is 0.575. The summed E-state index contributed by atoms with van der Waals surface area (Å²) in [5.74, 6) is 0.714. The van der Waals surface area contributed by atoms with Crippen molar-refractivity contribution >= 4 is 23.1 Å². The average Bonchev–Trinajstić information content (AvgIpc) is 3.22. The molecule has 0 radical (unpaired) electrons. The van der Waals surface area contributed by atoms with Gasteiger partial charge in [0.15, 0.2) is 0 Å². The highest BCUT2D eigenvalue weighted by atomic mass is 19.4. The van der Waals surface area contributed by atoms with Gasteiger partial charge in [-0.15, -0.1) is 4.99 Å². The molecular formula is C22H24F3N4O3+. The number of nitrogens with one attached hydrogen (secondary N) is 2. The predicted octanol–water partition coefficient (Wildman–Crippen LogP) is 4.08. The van der Waals surface area contributed by atoms with Gasteiger partial charge in [0.25, 0.3) is 5.82 Å². The standard InChI is InChI=1S/C22H23F3N4O3/c1-21(2,30-3)11-32-17-10-31-16-7-5-4-6-13(16)15(17)9-26-19-14-8-18(22(23,24)25)29-20(14)28-12-27-19/h4-9,12,15,17H,10-11H2,1-3H3,(H,27,28,29)/p+1/b26-9+/t15?,17-/m0/s1. The number of H-pyrrole nitrogens is 2. The first-order valence-electron chi connectivity index (χ1n) is 10.1. The molecule has 0 aliphatic carbocycles. The maximum absolute atomic E-state index is 13.1. The Balaban J connectivity index is 1.67. The summed E-state index contributed by atoms with van der Waals surface area (Å²) in [6, 6.07) is 8.55. The molecule has 0 bridgehead atoms. The van der Waals surface area contributed by atoms with E-state index < -0.39 is 17.5 Å². The zero-order valence-electron chi connectivity index (χ0n) is 17.9. The van der Waals surface area contributed by atoms with Crippen LogP contribution in [0.1, 0.15) is 31.0 Å². The minimum absolute atomic E-state index is 0.102. The summed E-state index contributed by atoms with van der Waals surface area (Å²) in [6.45, 7) is 4.48. The second kappa shape index (κ2) is 8.51. The Labute approximate surface area is 182 Å². The number of aromatic amines is 2. The molecule has 32 heavy (non-hydrogen) atoms. The van der Waals surface area contributed by atoms with Crippen LogP contribution in [-0.4, -0.2) is 48.2 Å². The number of halogens is 3. The van der Waals surface area contributed by atoms with Crippen molar-refractivity contribution in [3.8, 4) is 5.75 Å². The first kappa shape index (κ1) is 22.2. The molecule has 0 saturated heterocycles. The van der Waals surface area contributed by atoms with E-state index in [0.29, 0.717) is 13.2 Å². The van der Waals surface area contributed by atoms with Crippen LogP contribution < -0.4 is 9.72 Å². The summed E-state index contributed by atoms with van der Waals surface area (Å²) < 4.78 is 56.7. The second-order valence-electron chi connectivity index (χ2n) is 8.16. The molecule has 1 aliphatic heterocycles. The molecule has 7 nitrogen and oxygen atoms in total. The number of aliphatic imine (C=N–C) groups is 1. The van der Waals surface area contributed by atoms with Crippen molar-refractivity contribution in [1.82, 2.24) is 9.97 Å². The van der Waals surface area contributed by atoms with Gasteiger partial charge in [-0.25, -0.2) is 4.98 Å². The molecule has 4 rings (SSSR count). The van der Waals surface area contributed by atoms with E-state index in [2.05, 4.69) is 19.9 Å². The summed E-state index contributed by atoms with van der Waals surface area (Å²) in [7, 11) is 1.62. The summed E-state index contributed by atoms with van der Waals surface area (Å²) >= 11 is 0. The summed E-state index contributed by atoms with van der Waals surface area (Å²) in [6.07, 6.45) is -1.87. The van der Waals surface area contributed by atoms with Crippen LogP contribution in [0.4, 0.5) is 19.0 Å². The van der Waals surface area contributed by atoms with E-state index in [-0.39, 0.29) is 28.9 Å². The van der Waals surface area contributed by atoms with Crippen molar-refractivity contribution in [1.29, 1.82) is 0 Å². The van der Waals surface area contributed by atoms with Crippen molar-refractivity contribution in [2.24, 2.45) is 4.99 Å². The topological polar surface area (TPSA) is 82.9 Å². The van der Waals surface area contributed by atoms with Crippen LogP contribution in [0.3, 0.4) is 0 Å². The summed E-state index contributed by atoms with van der Waals surface area (Å²) in [5.41, 5.74) is -0.373. The van der Waals surface area contributed by atoms with Gasteiger partial charge in [0, 0.05) is 12.7 Å². The number of methoxy groups -OCH3 is 1. The second-order valence-corrected chi connectivity index (χ2v) is 8.16. The first-order valence-corrected chi connectivity index (χ1v) is 10.1. The number of benzene rings is 1. The molecule has 3 aromatic rings. The van der Waals surface area contributed by atoms with Gasteiger partial charge in [-0.05, 0) is 26.0 Å². The van der Waals surface area contributed by atoms with Gasteiger partial charge in [0.2, 0.25) is 12.0 Å². The van der Waals surface area contributed by atoms with Gasteiger partial charge in [0.1, 0.15) is 29.5 Å². The molecule has 1 aromatic carbocycles. The Hall–Kier alpha value is -2.98. The average molecular weight is 449 g/mol. The normalized spacial score (nSPS) is 19.3. The molecule has 1 aliphatic rings. The van der Waals surface area contributed by atoms with Crippen LogP contribution in [0.25, 0.3) is 11.0 Å². The van der Waals surface area contributed by atoms with Gasteiger partial charge >= 0.3 is 6.18 Å².